The van der Waals surface area contributed by atoms with Crippen molar-refractivity contribution >= 4 is 5.96 Å². The fraction of sp³-hybridized carbons (Fsp3) is 0.591. The topological polar surface area (TPSA) is 78.4 Å². The number of ether oxygens (including phenoxy) is 1. The van der Waals surface area contributed by atoms with Crippen LogP contribution in [0.5, 0.6) is 5.75 Å². The summed E-state index contributed by atoms with van der Waals surface area (Å²) in [6.45, 7) is 10.8. The Morgan fingerprint density at radius 1 is 1.28 bits per heavy atom. The number of nitrogens with zero attached hydrogens (tertiary/aromatic N) is 4. The van der Waals surface area contributed by atoms with E-state index in [2.05, 4.69) is 70.4 Å². The fourth-order valence-electron chi connectivity index (χ4n) is 3.51. The van der Waals surface area contributed by atoms with Crippen molar-refractivity contribution in [2.45, 2.75) is 46.0 Å². The number of benzene rings is 1. The molecule has 1 aliphatic rings. The molecule has 2 aromatic rings. The van der Waals surface area contributed by atoms with Gasteiger partial charge in [0.05, 0.1) is 6.61 Å². The second kappa shape index (κ2) is 10.8. The van der Waals surface area contributed by atoms with Crippen LogP contribution >= 0.6 is 0 Å². The van der Waals surface area contributed by atoms with Gasteiger partial charge in [-0.25, -0.2) is 4.98 Å². The Kier molecular flexibility index (Phi) is 7.90. The molecular weight excluding hydrogens is 364 g/mol. The Bertz CT molecular complexity index is 733. The predicted octanol–water partition coefficient (Wildman–Crippen LogP) is 3.23. The third-order valence-electron chi connectivity index (χ3n) is 5.12. The van der Waals surface area contributed by atoms with Crippen molar-refractivity contribution in [2.24, 2.45) is 10.9 Å². The first-order valence-corrected chi connectivity index (χ1v) is 10.8. The average Bonchev–Trinajstić information content (AvgIpc) is 3.27. The molecule has 1 aromatic heterocycles. The number of hydrogen-bond donors (Lipinski definition) is 2. The van der Waals surface area contributed by atoms with Crippen molar-refractivity contribution in [1.29, 1.82) is 0 Å². The molecule has 158 valence electrons. The van der Waals surface area contributed by atoms with Gasteiger partial charge >= 0.3 is 0 Å². The van der Waals surface area contributed by atoms with Gasteiger partial charge in [0, 0.05) is 32.1 Å². The summed E-state index contributed by atoms with van der Waals surface area (Å²) in [5.74, 6) is 3.96. The molecule has 1 aromatic carbocycles. The van der Waals surface area contributed by atoms with Crippen LogP contribution in [0.1, 0.15) is 50.9 Å². The predicted molar refractivity (Wildman–Crippen MR) is 116 cm³/mol. The zero-order valence-corrected chi connectivity index (χ0v) is 17.9. The molecule has 29 heavy (non-hydrogen) atoms. The van der Waals surface area contributed by atoms with Gasteiger partial charge in [0.2, 0.25) is 0 Å². The maximum Gasteiger partial charge on any atom is 0.193 e. The molecule has 0 radical (unpaired) electrons. The summed E-state index contributed by atoms with van der Waals surface area (Å²) in [4.78, 5) is 11.5. The molecule has 7 nitrogen and oxygen atoms in total. The van der Waals surface area contributed by atoms with Crippen LogP contribution in [0.25, 0.3) is 0 Å². The smallest absolute Gasteiger partial charge is 0.193 e. The van der Waals surface area contributed by atoms with E-state index in [9.17, 15) is 0 Å². The highest BCUT2D eigenvalue weighted by atomic mass is 16.5. The van der Waals surface area contributed by atoms with Crippen molar-refractivity contribution in [2.75, 3.05) is 32.8 Å². The molecule has 1 saturated heterocycles. The monoisotopic (exact) mass is 398 g/mol. The van der Waals surface area contributed by atoms with Crippen LogP contribution in [0.3, 0.4) is 0 Å². The lowest BCUT2D eigenvalue weighted by Crippen LogP contribution is -2.45. The molecule has 1 aliphatic heterocycles. The maximum atomic E-state index is 5.76. The minimum absolute atomic E-state index is 0.466. The van der Waals surface area contributed by atoms with Crippen LogP contribution in [0.2, 0.25) is 0 Å². The number of aromatic amines is 1. The number of rotatable bonds is 8. The van der Waals surface area contributed by atoms with Crippen LogP contribution in [0, 0.1) is 5.92 Å². The summed E-state index contributed by atoms with van der Waals surface area (Å²) < 4.78 is 5.76. The Morgan fingerprint density at radius 3 is 2.66 bits per heavy atom. The van der Waals surface area contributed by atoms with E-state index in [1.807, 2.05) is 0 Å². The highest BCUT2D eigenvalue weighted by Gasteiger charge is 2.24. The summed E-state index contributed by atoms with van der Waals surface area (Å²) in [5.41, 5.74) is 1.28. The van der Waals surface area contributed by atoms with Crippen molar-refractivity contribution in [1.82, 2.24) is 25.4 Å². The molecular formula is C22H34N6O. The van der Waals surface area contributed by atoms with E-state index >= 15 is 0 Å². The molecule has 0 unspecified atom stereocenters. The van der Waals surface area contributed by atoms with E-state index in [0.29, 0.717) is 11.8 Å². The largest absolute Gasteiger partial charge is 0.493 e. The molecule has 0 spiro atoms. The number of H-pyrrole nitrogens is 1. The zero-order valence-electron chi connectivity index (χ0n) is 17.9. The van der Waals surface area contributed by atoms with Gasteiger partial charge in [-0.3, -0.25) is 10.1 Å². The Morgan fingerprint density at radius 2 is 2.03 bits per heavy atom. The summed E-state index contributed by atoms with van der Waals surface area (Å²) in [5, 5.41) is 10.4. The quantitative estimate of drug-likeness (QED) is 0.527. The normalized spacial score (nSPS) is 15.7. The molecule has 7 heteroatoms. The molecule has 0 atom stereocenters. The zero-order chi connectivity index (χ0) is 20.5. The maximum absolute atomic E-state index is 5.76. The van der Waals surface area contributed by atoms with Crippen LogP contribution < -0.4 is 10.1 Å². The van der Waals surface area contributed by atoms with Gasteiger partial charge in [0.15, 0.2) is 5.96 Å². The lowest BCUT2D eigenvalue weighted by atomic mass is 9.96. The first-order chi connectivity index (χ1) is 14.2. The standard InChI is InChI=1S/C22H34N6O/c1-4-23-22(28-13-10-19(11-14-28)21-25-16-26-27-21)24-12-9-18-5-7-20(8-6-18)29-15-17(2)3/h5-8,16-17,19H,4,9-15H2,1-3H3,(H,23,24)(H,25,26,27). The SMILES string of the molecule is CCNC(=NCCc1ccc(OCC(C)C)cc1)N1CCC(c2ncn[nH]2)CC1. The third-order valence-corrected chi connectivity index (χ3v) is 5.12. The Labute approximate surface area is 174 Å². The third kappa shape index (κ3) is 6.48. The van der Waals surface area contributed by atoms with Crippen LogP contribution in [0.15, 0.2) is 35.6 Å². The highest BCUT2D eigenvalue weighted by molar-refractivity contribution is 5.80. The van der Waals surface area contributed by atoms with E-state index < -0.39 is 0 Å². The molecule has 3 rings (SSSR count). The fourth-order valence-corrected chi connectivity index (χ4v) is 3.51. The summed E-state index contributed by atoms with van der Waals surface area (Å²) in [7, 11) is 0. The first kappa shape index (κ1) is 21.1. The van der Waals surface area contributed by atoms with E-state index in [1.165, 1.54) is 5.56 Å². The summed E-state index contributed by atoms with van der Waals surface area (Å²) >= 11 is 0. The van der Waals surface area contributed by atoms with E-state index in [0.717, 1.165) is 69.6 Å². The highest BCUT2D eigenvalue weighted by Crippen LogP contribution is 2.25. The average molecular weight is 399 g/mol. The van der Waals surface area contributed by atoms with Gasteiger partial charge in [0.25, 0.3) is 0 Å². The molecule has 0 saturated carbocycles. The molecule has 0 aliphatic carbocycles. The summed E-state index contributed by atoms with van der Waals surface area (Å²) in [6, 6.07) is 8.39. The number of hydrogen-bond acceptors (Lipinski definition) is 4. The van der Waals surface area contributed by atoms with Gasteiger partial charge in [0.1, 0.15) is 17.9 Å². The van der Waals surface area contributed by atoms with Crippen LogP contribution in [-0.2, 0) is 6.42 Å². The second-order valence-corrected chi connectivity index (χ2v) is 7.97. The van der Waals surface area contributed by atoms with Gasteiger partial charge < -0.3 is 15.0 Å². The number of likely N-dealkylation sites (tertiary alicyclic amines) is 1. The lowest BCUT2D eigenvalue weighted by molar-refractivity contribution is 0.271. The van der Waals surface area contributed by atoms with E-state index in [1.54, 1.807) is 6.33 Å². The summed E-state index contributed by atoms with van der Waals surface area (Å²) in [6.07, 6.45) is 4.65. The van der Waals surface area contributed by atoms with Gasteiger partial charge in [-0.2, -0.15) is 5.10 Å². The lowest BCUT2D eigenvalue weighted by Gasteiger charge is -2.33. The van der Waals surface area contributed by atoms with Crippen molar-refractivity contribution in [3.63, 3.8) is 0 Å². The van der Waals surface area contributed by atoms with Crippen molar-refractivity contribution in [3.05, 3.63) is 42.0 Å². The molecule has 1 fully saturated rings. The van der Waals surface area contributed by atoms with Crippen LogP contribution in [0.4, 0.5) is 0 Å². The van der Waals surface area contributed by atoms with Crippen molar-refractivity contribution < 1.29 is 4.74 Å². The van der Waals surface area contributed by atoms with E-state index in [-0.39, 0.29) is 0 Å². The number of aliphatic imine (C=N–C) groups is 1. The molecule has 2 heterocycles. The molecule has 0 bridgehead atoms. The van der Waals surface area contributed by atoms with Gasteiger partial charge in [-0.05, 0) is 49.8 Å². The minimum atomic E-state index is 0.466. The number of guanidine groups is 1. The molecule has 2 N–H and O–H groups in total. The number of nitrogens with one attached hydrogen (secondary N) is 2. The van der Waals surface area contributed by atoms with Gasteiger partial charge in [-0.15, -0.1) is 0 Å². The first-order valence-electron chi connectivity index (χ1n) is 10.8. The van der Waals surface area contributed by atoms with Crippen molar-refractivity contribution in [3.8, 4) is 5.75 Å². The Balaban J connectivity index is 1.49. The Hall–Kier alpha value is -2.57. The number of piperidine rings is 1. The second-order valence-electron chi connectivity index (χ2n) is 7.97. The van der Waals surface area contributed by atoms with E-state index in [4.69, 9.17) is 9.73 Å². The minimum Gasteiger partial charge on any atom is -0.493 e. The van der Waals surface area contributed by atoms with Gasteiger partial charge in [-0.1, -0.05) is 26.0 Å². The number of aromatic nitrogens is 3. The van der Waals surface area contributed by atoms with Crippen LogP contribution in [-0.4, -0.2) is 58.8 Å². The molecule has 0 amide bonds.